The highest BCUT2D eigenvalue weighted by Gasteiger charge is 2.11. The lowest BCUT2D eigenvalue weighted by Crippen LogP contribution is -1.83. The van der Waals surface area contributed by atoms with Gasteiger partial charge in [-0.05, 0) is 52.7 Å². The number of methoxy groups -OCH3 is 1. The third kappa shape index (κ3) is 3.32. The van der Waals surface area contributed by atoms with Crippen molar-refractivity contribution >= 4 is 33.5 Å². The van der Waals surface area contributed by atoms with E-state index in [1.807, 2.05) is 72.8 Å². The van der Waals surface area contributed by atoms with Crippen LogP contribution in [0.3, 0.4) is 0 Å². The highest BCUT2D eigenvalue weighted by molar-refractivity contribution is 6.50. The van der Waals surface area contributed by atoms with E-state index < -0.39 is 0 Å². The van der Waals surface area contributed by atoms with Gasteiger partial charge in [-0.3, -0.25) is 0 Å². The maximum absolute atomic E-state index is 6.39. The van der Waals surface area contributed by atoms with Crippen LogP contribution in [-0.4, -0.2) is 17.3 Å². The van der Waals surface area contributed by atoms with E-state index in [9.17, 15) is 0 Å². The largest absolute Gasteiger partial charge is 0.497 e. The Bertz CT molecular complexity index is 1090. The van der Waals surface area contributed by atoms with Gasteiger partial charge in [0.2, 0.25) is 5.89 Å². The summed E-state index contributed by atoms with van der Waals surface area (Å²) in [5.41, 5.74) is 1.81. The van der Waals surface area contributed by atoms with Crippen LogP contribution in [0, 0.1) is 0 Å². The van der Waals surface area contributed by atoms with Crippen LogP contribution < -0.4 is 4.74 Å². The Hall–Kier alpha value is -3.11. The van der Waals surface area contributed by atoms with Crippen LogP contribution >= 0.6 is 11.6 Å². The lowest BCUT2D eigenvalue weighted by Gasteiger charge is -2.03. The molecule has 0 radical (unpaired) electrons. The molecule has 0 bridgehead atoms. The maximum Gasteiger partial charge on any atom is 0.259 e. The van der Waals surface area contributed by atoms with Crippen LogP contribution in [-0.2, 0) is 0 Å². The molecule has 0 amide bonds. The van der Waals surface area contributed by atoms with Gasteiger partial charge in [-0.2, -0.15) is 0 Å². The maximum atomic E-state index is 6.39. The van der Waals surface area contributed by atoms with Crippen molar-refractivity contribution in [2.75, 3.05) is 7.11 Å². The number of hydrogen-bond donors (Lipinski definition) is 0. The first-order valence-corrected chi connectivity index (χ1v) is 8.45. The van der Waals surface area contributed by atoms with Gasteiger partial charge in [0.15, 0.2) is 0 Å². The highest BCUT2D eigenvalue weighted by atomic mass is 35.5. The average molecular weight is 363 g/mol. The first-order valence-electron chi connectivity index (χ1n) is 8.07. The molecule has 4 nitrogen and oxygen atoms in total. The minimum Gasteiger partial charge on any atom is -0.497 e. The quantitative estimate of drug-likeness (QED) is 0.471. The van der Waals surface area contributed by atoms with Crippen molar-refractivity contribution in [1.82, 2.24) is 10.2 Å². The second-order valence-corrected chi connectivity index (χ2v) is 6.15. The number of fused-ring (bicyclic) bond motifs is 1. The number of hydrogen-bond acceptors (Lipinski definition) is 4. The Morgan fingerprint density at radius 2 is 1.73 bits per heavy atom. The molecule has 0 aliphatic heterocycles. The molecule has 0 aliphatic carbocycles. The van der Waals surface area contributed by atoms with E-state index in [0.29, 0.717) is 16.8 Å². The van der Waals surface area contributed by atoms with Crippen molar-refractivity contribution in [2.45, 2.75) is 0 Å². The van der Waals surface area contributed by atoms with E-state index in [4.69, 9.17) is 20.8 Å². The number of rotatable bonds is 4. The van der Waals surface area contributed by atoms with Gasteiger partial charge in [-0.15, -0.1) is 10.2 Å². The van der Waals surface area contributed by atoms with Crippen molar-refractivity contribution < 1.29 is 9.15 Å². The standard InChI is InChI=1S/C21H15ClN2O2/c1-25-18-10-9-16-11-14(7-8-17(16)13-18)12-19(22)21-24-23-20(26-21)15-5-3-2-4-6-15/h2-13H,1H3/b19-12-. The molecule has 1 heterocycles. The van der Waals surface area contributed by atoms with Crippen molar-refractivity contribution in [2.24, 2.45) is 0 Å². The van der Waals surface area contributed by atoms with E-state index in [1.54, 1.807) is 7.11 Å². The Morgan fingerprint density at radius 1 is 0.962 bits per heavy atom. The van der Waals surface area contributed by atoms with Crippen LogP contribution in [0.5, 0.6) is 5.75 Å². The van der Waals surface area contributed by atoms with Gasteiger partial charge in [0.1, 0.15) is 10.8 Å². The first-order chi connectivity index (χ1) is 12.7. The fraction of sp³-hybridized carbons (Fsp3) is 0.0476. The summed E-state index contributed by atoms with van der Waals surface area (Å²) in [5, 5.41) is 10.7. The van der Waals surface area contributed by atoms with Gasteiger partial charge in [0.05, 0.1) is 7.11 Å². The molecular weight excluding hydrogens is 348 g/mol. The molecule has 3 aromatic carbocycles. The van der Waals surface area contributed by atoms with Gasteiger partial charge in [-0.1, -0.05) is 48.0 Å². The molecule has 0 unspecified atom stereocenters. The smallest absolute Gasteiger partial charge is 0.259 e. The van der Waals surface area contributed by atoms with E-state index >= 15 is 0 Å². The molecule has 26 heavy (non-hydrogen) atoms. The SMILES string of the molecule is COc1ccc2cc(/C=C(\Cl)c3nnc(-c4ccccc4)o3)ccc2c1. The van der Waals surface area contributed by atoms with Crippen LogP contribution in [0.4, 0.5) is 0 Å². The summed E-state index contributed by atoms with van der Waals surface area (Å²) in [4.78, 5) is 0. The van der Waals surface area contributed by atoms with Crippen LogP contribution in [0.25, 0.3) is 33.3 Å². The summed E-state index contributed by atoms with van der Waals surface area (Å²) in [6, 6.07) is 21.6. The van der Waals surface area contributed by atoms with E-state index in [2.05, 4.69) is 10.2 Å². The molecule has 0 atom stereocenters. The summed E-state index contributed by atoms with van der Waals surface area (Å²) in [5.74, 6) is 1.57. The molecule has 0 spiro atoms. The molecule has 0 N–H and O–H groups in total. The fourth-order valence-corrected chi connectivity index (χ4v) is 2.89. The lowest BCUT2D eigenvalue weighted by atomic mass is 10.1. The number of halogens is 1. The Balaban J connectivity index is 1.63. The monoisotopic (exact) mass is 362 g/mol. The van der Waals surface area contributed by atoms with Crippen LogP contribution in [0.1, 0.15) is 11.5 Å². The Morgan fingerprint density at radius 3 is 2.54 bits per heavy atom. The molecule has 0 saturated heterocycles. The zero-order chi connectivity index (χ0) is 17.9. The molecule has 4 aromatic rings. The van der Waals surface area contributed by atoms with Crippen molar-refractivity contribution in [3.8, 4) is 17.2 Å². The normalized spacial score (nSPS) is 11.7. The zero-order valence-electron chi connectivity index (χ0n) is 14.0. The van der Waals surface area contributed by atoms with Gasteiger partial charge >= 0.3 is 0 Å². The van der Waals surface area contributed by atoms with Crippen molar-refractivity contribution in [3.05, 3.63) is 78.2 Å². The van der Waals surface area contributed by atoms with Crippen LogP contribution in [0.2, 0.25) is 0 Å². The fourth-order valence-electron chi connectivity index (χ4n) is 2.68. The summed E-state index contributed by atoms with van der Waals surface area (Å²) in [6.07, 6.45) is 1.81. The third-order valence-corrected chi connectivity index (χ3v) is 4.29. The van der Waals surface area contributed by atoms with Gasteiger partial charge in [-0.25, -0.2) is 0 Å². The van der Waals surface area contributed by atoms with E-state index in [-0.39, 0.29) is 0 Å². The molecule has 0 fully saturated rings. The number of aromatic nitrogens is 2. The van der Waals surface area contributed by atoms with Gasteiger partial charge in [0.25, 0.3) is 5.89 Å². The average Bonchev–Trinajstić information content (AvgIpc) is 3.18. The number of nitrogens with zero attached hydrogens (tertiary/aromatic N) is 2. The van der Waals surface area contributed by atoms with Crippen molar-refractivity contribution in [3.63, 3.8) is 0 Å². The topological polar surface area (TPSA) is 48.2 Å². The summed E-state index contributed by atoms with van der Waals surface area (Å²) >= 11 is 6.39. The van der Waals surface area contributed by atoms with Gasteiger partial charge < -0.3 is 9.15 Å². The summed E-state index contributed by atoms with van der Waals surface area (Å²) in [7, 11) is 1.66. The first kappa shape index (κ1) is 16.4. The Kier molecular flexibility index (Phi) is 4.42. The number of ether oxygens (including phenoxy) is 1. The predicted molar refractivity (Wildman–Crippen MR) is 104 cm³/mol. The molecule has 1 aromatic heterocycles. The molecule has 128 valence electrons. The van der Waals surface area contributed by atoms with Crippen LogP contribution in [0.15, 0.2) is 71.1 Å². The highest BCUT2D eigenvalue weighted by Crippen LogP contribution is 2.27. The second-order valence-electron chi connectivity index (χ2n) is 5.74. The molecule has 5 heteroatoms. The predicted octanol–water partition coefficient (Wildman–Crippen LogP) is 5.64. The molecule has 0 saturated carbocycles. The van der Waals surface area contributed by atoms with E-state index in [1.165, 1.54) is 0 Å². The summed E-state index contributed by atoms with van der Waals surface area (Å²) < 4.78 is 10.9. The minimum atomic E-state index is 0.292. The zero-order valence-corrected chi connectivity index (χ0v) is 14.8. The molecule has 0 aliphatic rings. The minimum absolute atomic E-state index is 0.292. The third-order valence-electron chi connectivity index (χ3n) is 4.01. The second kappa shape index (κ2) is 7.02. The summed E-state index contributed by atoms with van der Waals surface area (Å²) in [6.45, 7) is 0. The van der Waals surface area contributed by atoms with Crippen molar-refractivity contribution in [1.29, 1.82) is 0 Å². The van der Waals surface area contributed by atoms with Gasteiger partial charge in [0, 0.05) is 5.56 Å². The van der Waals surface area contributed by atoms with E-state index in [0.717, 1.165) is 27.6 Å². The lowest BCUT2D eigenvalue weighted by molar-refractivity contribution is 0.415. The molecular formula is C21H15ClN2O2. The Labute approximate surface area is 155 Å². The number of benzene rings is 3. The molecule has 4 rings (SSSR count).